The van der Waals surface area contributed by atoms with Gasteiger partial charge in [-0.25, -0.2) is 0 Å². The number of hydrogen-bond acceptors (Lipinski definition) is 4. The number of rotatable bonds is 10. The summed E-state index contributed by atoms with van der Waals surface area (Å²) in [4.78, 5) is 14.7. The van der Waals surface area contributed by atoms with E-state index in [-0.39, 0.29) is 5.78 Å². The third kappa shape index (κ3) is 8.16. The van der Waals surface area contributed by atoms with E-state index in [1.165, 1.54) is 11.1 Å². The van der Waals surface area contributed by atoms with Crippen LogP contribution < -0.4 is 4.90 Å². The molecule has 3 aromatic carbocycles. The molecule has 31 heavy (non-hydrogen) atoms. The Balaban J connectivity index is 1.67. The van der Waals surface area contributed by atoms with Gasteiger partial charge in [-0.3, -0.25) is 4.79 Å². The predicted molar refractivity (Wildman–Crippen MR) is 138 cm³/mol. The summed E-state index contributed by atoms with van der Waals surface area (Å²) in [6.45, 7) is 0. The van der Waals surface area contributed by atoms with Crippen molar-refractivity contribution in [2.24, 2.45) is 0 Å². The van der Waals surface area contributed by atoms with Crippen LogP contribution in [0.15, 0.2) is 101 Å². The van der Waals surface area contributed by atoms with Crippen LogP contribution in [0.2, 0.25) is 0 Å². The first-order valence-electron chi connectivity index (χ1n) is 10.1. The van der Waals surface area contributed by atoms with Gasteiger partial charge in [-0.2, -0.15) is 0 Å². The highest BCUT2D eigenvalue weighted by Gasteiger charge is 2.05. The summed E-state index contributed by atoms with van der Waals surface area (Å²) in [5, 5.41) is 0. The van der Waals surface area contributed by atoms with Crippen molar-refractivity contribution in [3.05, 3.63) is 118 Å². The highest BCUT2D eigenvalue weighted by Crippen LogP contribution is 2.33. The number of benzene rings is 3. The van der Waals surface area contributed by atoms with Crippen LogP contribution in [0.25, 0.3) is 6.08 Å². The van der Waals surface area contributed by atoms with Gasteiger partial charge in [0.1, 0.15) is 0 Å². The maximum absolute atomic E-state index is 12.6. The van der Waals surface area contributed by atoms with Crippen molar-refractivity contribution in [3.63, 3.8) is 0 Å². The van der Waals surface area contributed by atoms with Crippen LogP contribution in [-0.2, 0) is 16.3 Å². The van der Waals surface area contributed by atoms with E-state index in [9.17, 15) is 4.79 Å². The lowest BCUT2D eigenvalue weighted by molar-refractivity contribution is -0.110. The van der Waals surface area contributed by atoms with E-state index in [4.69, 9.17) is 0 Å². The second-order valence-electron chi connectivity index (χ2n) is 7.23. The number of hydrogen-bond donors (Lipinski definition) is 0. The summed E-state index contributed by atoms with van der Waals surface area (Å²) < 4.78 is 1.03. The molecule has 0 atom stereocenters. The lowest BCUT2D eigenvalue weighted by atomic mass is 10.1. The minimum Gasteiger partial charge on any atom is -0.378 e. The van der Waals surface area contributed by atoms with Crippen LogP contribution in [0.4, 0.5) is 5.69 Å². The largest absolute Gasteiger partial charge is 0.378 e. The van der Waals surface area contributed by atoms with E-state index >= 15 is 0 Å². The van der Waals surface area contributed by atoms with Gasteiger partial charge in [0.25, 0.3) is 0 Å². The first kappa shape index (κ1) is 23.0. The zero-order valence-corrected chi connectivity index (χ0v) is 19.5. The van der Waals surface area contributed by atoms with Gasteiger partial charge >= 0.3 is 0 Å². The molecule has 2 nitrogen and oxygen atoms in total. The molecule has 0 N–H and O–H groups in total. The molecule has 0 aliphatic heterocycles. The Morgan fingerprint density at radius 1 is 0.774 bits per heavy atom. The fraction of sp³-hybridized carbons (Fsp3) is 0.148. The molecule has 3 rings (SSSR count). The monoisotopic (exact) mass is 445 g/mol. The van der Waals surface area contributed by atoms with Crippen molar-refractivity contribution in [2.45, 2.75) is 11.5 Å². The van der Waals surface area contributed by atoms with Crippen LogP contribution in [0.5, 0.6) is 0 Å². The first-order chi connectivity index (χ1) is 15.1. The van der Waals surface area contributed by atoms with Crippen molar-refractivity contribution in [3.8, 4) is 0 Å². The molecule has 0 bridgehead atoms. The van der Waals surface area contributed by atoms with Gasteiger partial charge < -0.3 is 4.90 Å². The minimum absolute atomic E-state index is 0.00723. The van der Waals surface area contributed by atoms with Gasteiger partial charge in [0.15, 0.2) is 5.78 Å². The van der Waals surface area contributed by atoms with Crippen molar-refractivity contribution in [2.75, 3.05) is 19.0 Å². The fourth-order valence-electron chi connectivity index (χ4n) is 2.81. The lowest BCUT2D eigenvalue weighted by Gasteiger charge is -2.11. The maximum Gasteiger partial charge on any atom is 0.180 e. The van der Waals surface area contributed by atoms with E-state index in [1.54, 1.807) is 35.7 Å². The summed E-state index contributed by atoms with van der Waals surface area (Å²) in [7, 11) is 4.03. The smallest absolute Gasteiger partial charge is 0.180 e. The molecule has 0 radical (unpaired) electrons. The van der Waals surface area contributed by atoms with Crippen LogP contribution in [0, 0.1) is 0 Å². The van der Waals surface area contributed by atoms with Gasteiger partial charge in [-0.1, -0.05) is 78.9 Å². The van der Waals surface area contributed by atoms with Crippen LogP contribution in [-0.4, -0.2) is 19.9 Å². The molecule has 0 saturated heterocycles. The molecule has 0 spiro atoms. The second kappa shape index (κ2) is 12.2. The fourth-order valence-corrected chi connectivity index (χ4v) is 4.90. The molecule has 0 unspecified atom stereocenters. The topological polar surface area (TPSA) is 20.3 Å². The second-order valence-corrected chi connectivity index (χ2v) is 9.53. The number of ketones is 1. The summed E-state index contributed by atoms with van der Waals surface area (Å²) in [6, 6.07) is 28.9. The third-order valence-electron chi connectivity index (χ3n) is 4.56. The Morgan fingerprint density at radius 2 is 1.29 bits per heavy atom. The quantitative estimate of drug-likeness (QED) is 0.312. The Morgan fingerprint density at radius 3 is 1.77 bits per heavy atom. The van der Waals surface area contributed by atoms with Crippen molar-refractivity contribution >= 4 is 41.1 Å². The molecular weight excluding hydrogens is 418 g/mol. The predicted octanol–water partition coefficient (Wildman–Crippen LogP) is 7.04. The molecule has 0 aliphatic carbocycles. The SMILES string of the molecule is CN(C)c1ccc(C=CC(=O)C=C(SCc2ccccc2)SCc2ccccc2)cc1. The number of carbonyl (C=O) groups is 1. The highest BCUT2D eigenvalue weighted by molar-refractivity contribution is 8.21. The van der Waals surface area contributed by atoms with Crippen molar-refractivity contribution in [1.82, 2.24) is 0 Å². The van der Waals surface area contributed by atoms with E-state index in [1.807, 2.05) is 68.7 Å². The normalized spacial score (nSPS) is 10.8. The van der Waals surface area contributed by atoms with E-state index in [0.717, 1.165) is 27.0 Å². The highest BCUT2D eigenvalue weighted by atomic mass is 32.2. The zero-order chi connectivity index (χ0) is 21.9. The van der Waals surface area contributed by atoms with Gasteiger partial charge in [-0.05, 0) is 34.9 Å². The molecule has 0 aliphatic rings. The Hall–Kier alpha value is -2.69. The standard InChI is InChI=1S/C27H27NOS2/c1-28(2)25-16-13-22(14-17-25)15-18-26(29)19-27(30-20-23-9-5-3-6-10-23)31-21-24-11-7-4-8-12-24/h3-19H,20-21H2,1-2H3. The lowest BCUT2D eigenvalue weighted by Crippen LogP contribution is -2.07. The Labute approximate surface area is 194 Å². The van der Waals surface area contributed by atoms with Crippen molar-refractivity contribution in [1.29, 1.82) is 0 Å². The third-order valence-corrected chi connectivity index (χ3v) is 7.02. The van der Waals surface area contributed by atoms with Gasteiger partial charge in [0, 0.05) is 41.6 Å². The van der Waals surface area contributed by atoms with Crippen LogP contribution in [0.1, 0.15) is 16.7 Å². The molecule has 3 aromatic rings. The molecule has 0 fully saturated rings. The number of nitrogens with zero attached hydrogens (tertiary/aromatic N) is 1. The molecule has 0 amide bonds. The molecule has 4 heteroatoms. The van der Waals surface area contributed by atoms with E-state index < -0.39 is 0 Å². The number of allylic oxidation sites excluding steroid dienone is 2. The van der Waals surface area contributed by atoms with Crippen LogP contribution >= 0.6 is 23.5 Å². The Kier molecular flexibility index (Phi) is 9.07. The summed E-state index contributed by atoms with van der Waals surface area (Å²) >= 11 is 3.43. The van der Waals surface area contributed by atoms with Gasteiger partial charge in [0.2, 0.25) is 0 Å². The van der Waals surface area contributed by atoms with Crippen LogP contribution in [0.3, 0.4) is 0 Å². The minimum atomic E-state index is 0.00723. The number of carbonyl (C=O) groups excluding carboxylic acids is 1. The summed E-state index contributed by atoms with van der Waals surface area (Å²) in [5.74, 6) is 1.70. The average molecular weight is 446 g/mol. The summed E-state index contributed by atoms with van der Waals surface area (Å²) in [5.41, 5.74) is 4.66. The number of thioether (sulfide) groups is 2. The molecule has 0 heterocycles. The molecular formula is C27H27NOS2. The van der Waals surface area contributed by atoms with Gasteiger partial charge in [0.05, 0.1) is 0 Å². The molecule has 158 valence electrons. The molecule has 0 aromatic heterocycles. The van der Waals surface area contributed by atoms with Gasteiger partial charge in [-0.15, -0.1) is 23.5 Å². The van der Waals surface area contributed by atoms with E-state index in [0.29, 0.717) is 0 Å². The average Bonchev–Trinajstić information content (AvgIpc) is 2.81. The zero-order valence-electron chi connectivity index (χ0n) is 17.9. The molecule has 0 saturated carbocycles. The van der Waals surface area contributed by atoms with Crippen molar-refractivity contribution < 1.29 is 4.79 Å². The first-order valence-corrected chi connectivity index (χ1v) is 12.1. The number of anilines is 1. The van der Waals surface area contributed by atoms with E-state index in [2.05, 4.69) is 41.3 Å². The Bertz CT molecular complexity index is 965. The summed E-state index contributed by atoms with van der Waals surface area (Å²) in [6.07, 6.45) is 5.28. The maximum atomic E-state index is 12.6.